The number of hydrogen-bond acceptors (Lipinski definition) is 5. The molecule has 3 rings (SSSR count). The van der Waals surface area contributed by atoms with Crippen LogP contribution in [0.25, 0.3) is 10.8 Å². The molecule has 0 aliphatic rings. The van der Waals surface area contributed by atoms with E-state index in [1.54, 1.807) is 18.2 Å². The van der Waals surface area contributed by atoms with E-state index in [1.165, 1.54) is 24.3 Å². The Labute approximate surface area is 137 Å². The number of nitrogens with zero attached hydrogens (tertiary/aromatic N) is 2. The van der Waals surface area contributed by atoms with Gasteiger partial charge in [0.15, 0.2) is 0 Å². The number of rotatable bonds is 3. The molecule has 0 bridgehead atoms. The topological polar surface area (TPSA) is 79.1 Å². The number of azo groups is 1. The summed E-state index contributed by atoms with van der Waals surface area (Å²) in [5, 5.41) is 19.6. The summed E-state index contributed by atoms with van der Waals surface area (Å²) >= 11 is 0. The molecule has 0 radical (unpaired) electrons. The van der Waals surface area contributed by atoms with Crippen molar-refractivity contribution in [3.63, 3.8) is 0 Å². The summed E-state index contributed by atoms with van der Waals surface area (Å²) in [4.78, 5) is 0.00759. The van der Waals surface area contributed by atoms with Crippen LogP contribution in [-0.2, 0) is 9.05 Å². The van der Waals surface area contributed by atoms with Gasteiger partial charge in [0.25, 0.3) is 9.05 Å². The van der Waals surface area contributed by atoms with Gasteiger partial charge in [0.1, 0.15) is 5.75 Å². The van der Waals surface area contributed by atoms with Crippen molar-refractivity contribution < 1.29 is 13.5 Å². The van der Waals surface area contributed by atoms with Crippen molar-refractivity contribution in [2.45, 2.75) is 4.90 Å². The Hall–Kier alpha value is -2.44. The van der Waals surface area contributed by atoms with Gasteiger partial charge in [-0.05, 0) is 36.4 Å². The van der Waals surface area contributed by atoms with Crippen LogP contribution in [0, 0.1) is 0 Å². The van der Waals surface area contributed by atoms with E-state index in [0.717, 1.165) is 5.39 Å². The first-order chi connectivity index (χ1) is 10.9. The highest BCUT2D eigenvalue weighted by Crippen LogP contribution is 2.33. The zero-order valence-electron chi connectivity index (χ0n) is 11.7. The Morgan fingerprint density at radius 2 is 1.48 bits per heavy atom. The largest absolute Gasteiger partial charge is 0.507 e. The van der Waals surface area contributed by atoms with Gasteiger partial charge in [-0.2, -0.15) is 5.11 Å². The fourth-order valence-corrected chi connectivity index (χ4v) is 2.91. The number of benzene rings is 3. The van der Waals surface area contributed by atoms with Crippen LogP contribution in [0.15, 0.2) is 75.8 Å². The minimum atomic E-state index is -3.75. The average Bonchev–Trinajstić information content (AvgIpc) is 2.54. The molecule has 0 unspecified atom stereocenters. The molecule has 3 aromatic rings. The van der Waals surface area contributed by atoms with Crippen LogP contribution < -0.4 is 0 Å². The van der Waals surface area contributed by atoms with E-state index >= 15 is 0 Å². The lowest BCUT2D eigenvalue weighted by Gasteiger charge is -2.03. The number of hydrogen-bond donors (Lipinski definition) is 1. The standard InChI is InChI=1S/C16H11ClN2O3S/c17-23(21,22)12-7-5-11(6-8-12)18-19-15-9-10-16(20)14-4-2-1-3-13(14)15/h1-10,20H/b19-18+. The van der Waals surface area contributed by atoms with Gasteiger partial charge in [0, 0.05) is 21.5 Å². The van der Waals surface area contributed by atoms with Crippen LogP contribution in [0.5, 0.6) is 5.75 Å². The van der Waals surface area contributed by atoms with Gasteiger partial charge in [-0.15, -0.1) is 5.11 Å². The second-order valence-electron chi connectivity index (χ2n) is 4.78. The Bertz CT molecular complexity index is 1000. The summed E-state index contributed by atoms with van der Waals surface area (Å²) in [6.07, 6.45) is 0. The monoisotopic (exact) mass is 346 g/mol. The van der Waals surface area contributed by atoms with E-state index in [0.29, 0.717) is 16.8 Å². The first-order valence-electron chi connectivity index (χ1n) is 6.62. The van der Waals surface area contributed by atoms with Crippen molar-refractivity contribution in [1.82, 2.24) is 0 Å². The number of fused-ring (bicyclic) bond motifs is 1. The molecule has 23 heavy (non-hydrogen) atoms. The molecule has 3 aromatic carbocycles. The third-order valence-corrected chi connectivity index (χ3v) is 4.64. The maximum atomic E-state index is 11.2. The SMILES string of the molecule is O=S(=O)(Cl)c1ccc(/N=N/c2ccc(O)c3ccccc23)cc1. The van der Waals surface area contributed by atoms with Crippen molar-refractivity contribution in [2.75, 3.05) is 0 Å². The highest BCUT2D eigenvalue weighted by Gasteiger charge is 2.09. The van der Waals surface area contributed by atoms with E-state index in [1.807, 2.05) is 18.2 Å². The molecular weight excluding hydrogens is 336 g/mol. The molecule has 0 spiro atoms. The van der Waals surface area contributed by atoms with E-state index in [4.69, 9.17) is 10.7 Å². The molecule has 116 valence electrons. The van der Waals surface area contributed by atoms with E-state index in [-0.39, 0.29) is 10.6 Å². The average molecular weight is 347 g/mol. The summed E-state index contributed by atoms with van der Waals surface area (Å²) in [5.41, 5.74) is 1.10. The summed E-state index contributed by atoms with van der Waals surface area (Å²) in [5.74, 6) is 0.177. The second-order valence-corrected chi connectivity index (χ2v) is 7.35. The van der Waals surface area contributed by atoms with Gasteiger partial charge in [0.2, 0.25) is 0 Å². The van der Waals surface area contributed by atoms with Gasteiger partial charge in [-0.25, -0.2) is 8.42 Å². The Balaban J connectivity index is 1.96. The molecule has 0 aliphatic heterocycles. The Morgan fingerprint density at radius 3 is 2.13 bits per heavy atom. The molecule has 0 fully saturated rings. The van der Waals surface area contributed by atoms with E-state index in [9.17, 15) is 13.5 Å². The molecule has 7 heteroatoms. The molecule has 0 heterocycles. The lowest BCUT2D eigenvalue weighted by atomic mass is 10.1. The van der Waals surface area contributed by atoms with Gasteiger partial charge >= 0.3 is 0 Å². The maximum absolute atomic E-state index is 11.2. The molecular formula is C16H11ClN2O3S. The minimum absolute atomic E-state index is 0.00759. The van der Waals surface area contributed by atoms with Crippen molar-refractivity contribution in [1.29, 1.82) is 0 Å². The zero-order chi connectivity index (χ0) is 16.4. The predicted octanol–water partition coefficient (Wildman–Crippen LogP) is 4.89. The molecule has 1 N–H and O–H groups in total. The lowest BCUT2D eigenvalue weighted by Crippen LogP contribution is -1.88. The normalized spacial score (nSPS) is 12.0. The number of phenolic OH excluding ortho intramolecular Hbond substituents is 1. The van der Waals surface area contributed by atoms with Gasteiger partial charge in [-0.1, -0.05) is 24.3 Å². The van der Waals surface area contributed by atoms with E-state index in [2.05, 4.69) is 10.2 Å². The zero-order valence-corrected chi connectivity index (χ0v) is 13.3. The second kappa shape index (κ2) is 5.98. The summed E-state index contributed by atoms with van der Waals surface area (Å²) < 4.78 is 22.4. The van der Waals surface area contributed by atoms with Crippen LogP contribution in [-0.4, -0.2) is 13.5 Å². The number of aromatic hydroxyl groups is 1. The van der Waals surface area contributed by atoms with Crippen LogP contribution in [0.2, 0.25) is 0 Å². The van der Waals surface area contributed by atoms with Gasteiger partial charge < -0.3 is 5.11 Å². The summed E-state index contributed by atoms with van der Waals surface area (Å²) in [6.45, 7) is 0. The van der Waals surface area contributed by atoms with Crippen molar-refractivity contribution >= 4 is 41.9 Å². The number of phenols is 1. The highest BCUT2D eigenvalue weighted by atomic mass is 35.7. The molecule has 0 saturated carbocycles. The number of halogens is 1. The predicted molar refractivity (Wildman–Crippen MR) is 89.3 cm³/mol. The Kier molecular flexibility index (Phi) is 4.02. The molecule has 0 saturated heterocycles. The smallest absolute Gasteiger partial charge is 0.261 e. The molecule has 0 amide bonds. The third kappa shape index (κ3) is 3.33. The van der Waals surface area contributed by atoms with Crippen LogP contribution in [0.1, 0.15) is 0 Å². The first kappa shape index (κ1) is 15.5. The van der Waals surface area contributed by atoms with Gasteiger partial charge in [-0.3, -0.25) is 0 Å². The highest BCUT2D eigenvalue weighted by molar-refractivity contribution is 8.13. The van der Waals surface area contributed by atoms with Crippen LogP contribution >= 0.6 is 10.7 Å². The lowest BCUT2D eigenvalue weighted by molar-refractivity contribution is 0.481. The third-order valence-electron chi connectivity index (χ3n) is 3.27. The summed E-state index contributed by atoms with van der Waals surface area (Å²) in [7, 11) is 1.51. The van der Waals surface area contributed by atoms with Crippen molar-refractivity contribution in [2.24, 2.45) is 10.2 Å². The molecule has 0 aromatic heterocycles. The van der Waals surface area contributed by atoms with E-state index < -0.39 is 9.05 Å². The Morgan fingerprint density at radius 1 is 0.826 bits per heavy atom. The van der Waals surface area contributed by atoms with Gasteiger partial charge in [0.05, 0.1) is 16.3 Å². The van der Waals surface area contributed by atoms with Crippen LogP contribution in [0.3, 0.4) is 0 Å². The summed E-state index contributed by atoms with van der Waals surface area (Å²) in [6, 6.07) is 16.3. The fraction of sp³-hybridized carbons (Fsp3) is 0. The fourth-order valence-electron chi connectivity index (χ4n) is 2.14. The van der Waals surface area contributed by atoms with Crippen LogP contribution in [0.4, 0.5) is 11.4 Å². The van der Waals surface area contributed by atoms with Crippen molar-refractivity contribution in [3.8, 4) is 5.75 Å². The quantitative estimate of drug-likeness (QED) is 0.541. The minimum Gasteiger partial charge on any atom is -0.507 e. The first-order valence-corrected chi connectivity index (χ1v) is 8.93. The molecule has 0 aliphatic carbocycles. The molecule has 0 atom stereocenters. The maximum Gasteiger partial charge on any atom is 0.261 e. The van der Waals surface area contributed by atoms with Crippen molar-refractivity contribution in [3.05, 3.63) is 60.7 Å². The molecule has 5 nitrogen and oxygen atoms in total.